The molecular formula is C19H28N4O. The number of aromatic amines is 1. The Bertz CT molecular complexity index is 662. The van der Waals surface area contributed by atoms with E-state index in [1.165, 1.54) is 12.0 Å². The minimum Gasteiger partial charge on any atom is -0.477 e. The second-order valence-corrected chi connectivity index (χ2v) is 6.88. The molecule has 0 spiro atoms. The number of hydrogen-bond acceptors (Lipinski definition) is 4. The number of ether oxygens (including phenoxy) is 1. The molecule has 2 aromatic rings. The van der Waals surface area contributed by atoms with E-state index < -0.39 is 0 Å². The molecule has 0 radical (unpaired) electrons. The van der Waals surface area contributed by atoms with Crippen LogP contribution in [0.1, 0.15) is 49.0 Å². The first-order valence-electron chi connectivity index (χ1n) is 8.91. The van der Waals surface area contributed by atoms with Crippen LogP contribution in [0.4, 0.5) is 0 Å². The SMILES string of the molecule is CCOc1cc(C(C)N2CC[C@H](Cc3cc(C)nc(C)c3)C2)[nH]n1. The van der Waals surface area contributed by atoms with Gasteiger partial charge in [0.2, 0.25) is 5.88 Å². The first-order valence-corrected chi connectivity index (χ1v) is 8.91. The van der Waals surface area contributed by atoms with Crippen molar-refractivity contribution in [3.63, 3.8) is 0 Å². The first-order chi connectivity index (χ1) is 11.5. The number of pyridine rings is 1. The second kappa shape index (κ2) is 7.34. The maximum atomic E-state index is 5.46. The van der Waals surface area contributed by atoms with E-state index in [0.717, 1.165) is 36.6 Å². The maximum absolute atomic E-state index is 5.46. The van der Waals surface area contributed by atoms with Crippen LogP contribution in [0.15, 0.2) is 18.2 Å². The summed E-state index contributed by atoms with van der Waals surface area (Å²) in [5.74, 6) is 1.40. The third-order valence-electron chi connectivity index (χ3n) is 4.85. The van der Waals surface area contributed by atoms with Crippen molar-refractivity contribution < 1.29 is 4.74 Å². The number of likely N-dealkylation sites (tertiary alicyclic amines) is 1. The van der Waals surface area contributed by atoms with Crippen LogP contribution in [0.3, 0.4) is 0 Å². The van der Waals surface area contributed by atoms with Gasteiger partial charge in [0.15, 0.2) is 0 Å². The van der Waals surface area contributed by atoms with Crippen LogP contribution in [-0.4, -0.2) is 39.8 Å². The van der Waals surface area contributed by atoms with E-state index in [4.69, 9.17) is 4.74 Å². The Balaban J connectivity index is 1.59. The highest BCUT2D eigenvalue weighted by Gasteiger charge is 2.28. The molecule has 130 valence electrons. The number of nitrogens with zero attached hydrogens (tertiary/aromatic N) is 3. The quantitative estimate of drug-likeness (QED) is 0.882. The fourth-order valence-electron chi connectivity index (χ4n) is 3.70. The highest BCUT2D eigenvalue weighted by molar-refractivity contribution is 5.21. The zero-order chi connectivity index (χ0) is 17.1. The molecule has 2 aromatic heterocycles. The number of nitrogens with one attached hydrogen (secondary N) is 1. The normalized spacial score (nSPS) is 19.6. The Morgan fingerprint density at radius 2 is 2.04 bits per heavy atom. The van der Waals surface area contributed by atoms with E-state index >= 15 is 0 Å². The second-order valence-electron chi connectivity index (χ2n) is 6.88. The summed E-state index contributed by atoms with van der Waals surface area (Å²) in [7, 11) is 0. The molecule has 5 heteroatoms. The lowest BCUT2D eigenvalue weighted by Gasteiger charge is -2.23. The van der Waals surface area contributed by atoms with Crippen LogP contribution in [-0.2, 0) is 6.42 Å². The van der Waals surface area contributed by atoms with Crippen molar-refractivity contribution in [1.29, 1.82) is 0 Å². The summed E-state index contributed by atoms with van der Waals surface area (Å²) < 4.78 is 5.46. The predicted octanol–water partition coefficient (Wildman–Crippen LogP) is 3.45. The van der Waals surface area contributed by atoms with Crippen LogP contribution < -0.4 is 4.74 Å². The molecule has 0 aromatic carbocycles. The third-order valence-corrected chi connectivity index (χ3v) is 4.85. The summed E-state index contributed by atoms with van der Waals surface area (Å²) in [6.07, 6.45) is 2.39. The van der Waals surface area contributed by atoms with Gasteiger partial charge in [-0.05, 0) is 70.7 Å². The Kier molecular flexibility index (Phi) is 5.19. The van der Waals surface area contributed by atoms with Gasteiger partial charge in [0.1, 0.15) is 0 Å². The highest BCUT2D eigenvalue weighted by atomic mass is 16.5. The zero-order valence-corrected chi connectivity index (χ0v) is 15.2. The molecule has 0 aliphatic carbocycles. The van der Waals surface area contributed by atoms with Gasteiger partial charge in [0.25, 0.3) is 0 Å². The lowest BCUT2D eigenvalue weighted by Crippen LogP contribution is -2.25. The standard InChI is InChI=1S/C19H28N4O/c1-5-24-19-11-18(21-22-19)15(4)23-7-6-16(12-23)10-17-8-13(2)20-14(3)9-17/h8-9,11,15-16H,5-7,10,12H2,1-4H3,(H,21,22)/t15?,16-/m1/s1. The van der Waals surface area contributed by atoms with Gasteiger partial charge >= 0.3 is 0 Å². The summed E-state index contributed by atoms with van der Waals surface area (Å²) in [4.78, 5) is 7.01. The summed E-state index contributed by atoms with van der Waals surface area (Å²) in [6.45, 7) is 11.3. The van der Waals surface area contributed by atoms with Crippen molar-refractivity contribution in [2.45, 2.75) is 46.6 Å². The van der Waals surface area contributed by atoms with Crippen molar-refractivity contribution in [1.82, 2.24) is 20.1 Å². The van der Waals surface area contributed by atoms with Crippen molar-refractivity contribution in [2.75, 3.05) is 19.7 Å². The van der Waals surface area contributed by atoms with E-state index in [2.05, 4.69) is 53.0 Å². The predicted molar refractivity (Wildman–Crippen MR) is 95.3 cm³/mol. The Hall–Kier alpha value is -1.88. The lowest BCUT2D eigenvalue weighted by atomic mass is 9.98. The van der Waals surface area contributed by atoms with Crippen LogP contribution in [0.25, 0.3) is 0 Å². The third kappa shape index (κ3) is 3.96. The van der Waals surface area contributed by atoms with Crippen LogP contribution in [0.2, 0.25) is 0 Å². The molecule has 3 rings (SSSR count). The molecule has 24 heavy (non-hydrogen) atoms. The van der Waals surface area contributed by atoms with E-state index in [1.807, 2.05) is 13.0 Å². The molecule has 5 nitrogen and oxygen atoms in total. The van der Waals surface area contributed by atoms with Crippen LogP contribution in [0.5, 0.6) is 5.88 Å². The number of H-pyrrole nitrogens is 1. The number of aryl methyl sites for hydroxylation is 2. The van der Waals surface area contributed by atoms with E-state index in [1.54, 1.807) is 0 Å². The van der Waals surface area contributed by atoms with Crippen molar-refractivity contribution in [3.05, 3.63) is 40.8 Å². The largest absolute Gasteiger partial charge is 0.477 e. The molecule has 1 aliphatic heterocycles. The molecule has 1 aliphatic rings. The molecule has 1 fully saturated rings. The van der Waals surface area contributed by atoms with Gasteiger partial charge in [-0.1, -0.05) is 0 Å². The zero-order valence-electron chi connectivity index (χ0n) is 15.2. The van der Waals surface area contributed by atoms with Gasteiger partial charge in [0.05, 0.1) is 12.3 Å². The van der Waals surface area contributed by atoms with Gasteiger partial charge in [0, 0.05) is 30.0 Å². The molecule has 1 unspecified atom stereocenters. The lowest BCUT2D eigenvalue weighted by molar-refractivity contribution is 0.248. The Morgan fingerprint density at radius 1 is 1.29 bits per heavy atom. The summed E-state index contributed by atoms with van der Waals surface area (Å²) in [5.41, 5.74) is 4.79. The first kappa shape index (κ1) is 17.0. The molecule has 1 N–H and O–H groups in total. The average molecular weight is 328 g/mol. The molecule has 1 saturated heterocycles. The van der Waals surface area contributed by atoms with Crippen molar-refractivity contribution in [3.8, 4) is 5.88 Å². The smallest absolute Gasteiger partial charge is 0.232 e. The maximum Gasteiger partial charge on any atom is 0.232 e. The van der Waals surface area contributed by atoms with Gasteiger partial charge < -0.3 is 4.74 Å². The molecular weight excluding hydrogens is 300 g/mol. The Morgan fingerprint density at radius 3 is 2.75 bits per heavy atom. The number of hydrogen-bond donors (Lipinski definition) is 1. The number of rotatable bonds is 6. The van der Waals surface area contributed by atoms with E-state index in [-0.39, 0.29) is 0 Å². The van der Waals surface area contributed by atoms with Gasteiger partial charge in [-0.3, -0.25) is 15.0 Å². The van der Waals surface area contributed by atoms with Crippen molar-refractivity contribution in [2.24, 2.45) is 5.92 Å². The monoisotopic (exact) mass is 328 g/mol. The highest BCUT2D eigenvalue weighted by Crippen LogP contribution is 2.29. The van der Waals surface area contributed by atoms with E-state index in [0.29, 0.717) is 24.4 Å². The molecule has 0 saturated carbocycles. The summed E-state index contributed by atoms with van der Waals surface area (Å²) >= 11 is 0. The molecule has 0 bridgehead atoms. The van der Waals surface area contributed by atoms with Gasteiger partial charge in [-0.2, -0.15) is 0 Å². The van der Waals surface area contributed by atoms with Crippen molar-refractivity contribution >= 4 is 0 Å². The Labute approximate surface area is 144 Å². The summed E-state index contributed by atoms with van der Waals surface area (Å²) in [5, 5.41) is 7.35. The molecule has 0 amide bonds. The van der Waals surface area contributed by atoms with Crippen LogP contribution >= 0.6 is 0 Å². The summed E-state index contributed by atoms with van der Waals surface area (Å²) in [6, 6.07) is 6.82. The minimum absolute atomic E-state index is 0.345. The van der Waals surface area contributed by atoms with Gasteiger partial charge in [-0.15, -0.1) is 5.10 Å². The minimum atomic E-state index is 0.345. The number of aromatic nitrogens is 3. The molecule has 3 heterocycles. The fourth-order valence-corrected chi connectivity index (χ4v) is 3.70. The topological polar surface area (TPSA) is 54.0 Å². The average Bonchev–Trinajstić information content (AvgIpc) is 3.15. The van der Waals surface area contributed by atoms with Crippen LogP contribution in [0, 0.1) is 19.8 Å². The van der Waals surface area contributed by atoms with E-state index in [9.17, 15) is 0 Å². The van der Waals surface area contributed by atoms with Gasteiger partial charge in [-0.25, -0.2) is 0 Å². The fraction of sp³-hybridized carbons (Fsp3) is 0.579. The molecule has 2 atom stereocenters.